The van der Waals surface area contributed by atoms with Crippen LogP contribution in [0.3, 0.4) is 0 Å². The lowest BCUT2D eigenvalue weighted by atomic mass is 10.1. The normalized spacial score (nSPS) is 14.8. The topological polar surface area (TPSA) is 78.3 Å². The number of methoxy groups -OCH3 is 2. The van der Waals surface area contributed by atoms with E-state index in [0.29, 0.717) is 51.7 Å². The molecule has 1 amide bonds. The van der Waals surface area contributed by atoms with Gasteiger partial charge in [-0.3, -0.25) is 9.69 Å². The Bertz CT molecular complexity index is 1600. The van der Waals surface area contributed by atoms with Crippen LogP contribution in [0.2, 0.25) is 10.0 Å². The monoisotopic (exact) mass is 594 g/mol. The molecule has 1 saturated heterocycles. The Morgan fingerprint density at radius 2 is 1.68 bits per heavy atom. The molecule has 6 rings (SSSR count). The van der Waals surface area contributed by atoms with Crippen molar-refractivity contribution >= 4 is 29.1 Å². The van der Waals surface area contributed by atoms with Gasteiger partial charge in [0, 0.05) is 44.4 Å². The molecule has 0 spiro atoms. The molecule has 41 heavy (non-hydrogen) atoms. The van der Waals surface area contributed by atoms with Crippen LogP contribution in [-0.2, 0) is 6.54 Å². The van der Waals surface area contributed by atoms with Crippen LogP contribution >= 0.6 is 23.2 Å². The Morgan fingerprint density at radius 3 is 2.44 bits per heavy atom. The predicted octanol–water partition coefficient (Wildman–Crippen LogP) is 5.55. The van der Waals surface area contributed by atoms with Crippen molar-refractivity contribution in [1.29, 1.82) is 0 Å². The van der Waals surface area contributed by atoms with Crippen LogP contribution in [0.5, 0.6) is 23.0 Å². The first-order chi connectivity index (χ1) is 19.9. The Morgan fingerprint density at radius 1 is 0.878 bits per heavy atom. The fourth-order valence-electron chi connectivity index (χ4n) is 5.06. The van der Waals surface area contributed by atoms with E-state index < -0.39 is 0 Å². The number of hydrogen-bond acceptors (Lipinski definition) is 7. The molecule has 1 fully saturated rings. The van der Waals surface area contributed by atoms with Gasteiger partial charge < -0.3 is 23.8 Å². The molecule has 2 aliphatic rings. The highest BCUT2D eigenvalue weighted by molar-refractivity contribution is 6.42. The fraction of sp³-hybridized carbons (Fsp3) is 0.267. The SMILES string of the molecule is COc1ccc(-c2cc(C(=O)N3CCN(Cc4ccc5c(c4)OCO5)CC3)n(-c3ccc(Cl)c(Cl)c3)n2)c(OC)c1. The van der Waals surface area contributed by atoms with Crippen LogP contribution in [0, 0.1) is 0 Å². The number of halogens is 2. The number of fused-ring (bicyclic) bond motifs is 1. The molecule has 0 saturated carbocycles. The summed E-state index contributed by atoms with van der Waals surface area (Å²) in [5, 5.41) is 5.61. The molecular formula is C30H28Cl2N4O5. The van der Waals surface area contributed by atoms with Crippen molar-refractivity contribution in [1.82, 2.24) is 19.6 Å². The largest absolute Gasteiger partial charge is 0.497 e. The van der Waals surface area contributed by atoms with E-state index in [9.17, 15) is 4.79 Å². The van der Waals surface area contributed by atoms with Gasteiger partial charge in [0.2, 0.25) is 6.79 Å². The van der Waals surface area contributed by atoms with Crippen LogP contribution in [0.25, 0.3) is 16.9 Å². The average Bonchev–Trinajstić information content (AvgIpc) is 3.66. The average molecular weight is 595 g/mol. The van der Waals surface area contributed by atoms with Gasteiger partial charge in [0.15, 0.2) is 11.5 Å². The van der Waals surface area contributed by atoms with Crippen molar-refractivity contribution < 1.29 is 23.7 Å². The number of rotatable bonds is 7. The molecule has 3 heterocycles. The zero-order valence-electron chi connectivity index (χ0n) is 22.6. The van der Waals surface area contributed by atoms with Crippen molar-refractivity contribution in [2.24, 2.45) is 0 Å². The van der Waals surface area contributed by atoms with Gasteiger partial charge in [-0.15, -0.1) is 0 Å². The van der Waals surface area contributed by atoms with Gasteiger partial charge in [0.05, 0.1) is 35.6 Å². The second kappa shape index (κ2) is 11.5. The van der Waals surface area contributed by atoms with Gasteiger partial charge in [-0.1, -0.05) is 29.3 Å². The zero-order valence-corrected chi connectivity index (χ0v) is 24.1. The Hall–Kier alpha value is -3.92. The van der Waals surface area contributed by atoms with Gasteiger partial charge in [0.25, 0.3) is 5.91 Å². The van der Waals surface area contributed by atoms with Crippen LogP contribution in [0.4, 0.5) is 0 Å². The molecule has 3 aromatic carbocycles. The first-order valence-electron chi connectivity index (χ1n) is 13.1. The van der Waals surface area contributed by atoms with Crippen molar-refractivity contribution in [3.63, 3.8) is 0 Å². The minimum absolute atomic E-state index is 0.120. The lowest BCUT2D eigenvalue weighted by Gasteiger charge is -2.34. The minimum atomic E-state index is -0.120. The van der Waals surface area contributed by atoms with Gasteiger partial charge in [0.1, 0.15) is 17.2 Å². The number of benzene rings is 3. The summed E-state index contributed by atoms with van der Waals surface area (Å²) in [6, 6.07) is 18.5. The first kappa shape index (κ1) is 27.3. The van der Waals surface area contributed by atoms with Crippen LogP contribution in [-0.4, -0.2) is 72.7 Å². The maximum absolute atomic E-state index is 13.9. The Labute approximate surface area is 247 Å². The number of piperazine rings is 1. The van der Waals surface area contributed by atoms with Gasteiger partial charge in [-0.05, 0) is 54.1 Å². The maximum atomic E-state index is 13.9. The highest BCUT2D eigenvalue weighted by atomic mass is 35.5. The molecule has 212 valence electrons. The smallest absolute Gasteiger partial charge is 0.272 e. The molecule has 0 N–H and O–H groups in total. The van der Waals surface area contributed by atoms with Crippen molar-refractivity contribution in [2.75, 3.05) is 47.2 Å². The summed E-state index contributed by atoms with van der Waals surface area (Å²) in [7, 11) is 3.18. The third-order valence-electron chi connectivity index (χ3n) is 7.26. The standard InChI is InChI=1S/C30H28Cl2N4O5/c1-38-21-5-6-22(28(15-21)39-2)25-16-26(36(33-25)20-4-7-23(31)24(32)14-20)30(37)35-11-9-34(10-12-35)17-19-3-8-27-29(13-19)41-18-40-27/h3-8,13-16H,9-12,17-18H2,1-2H3. The molecule has 0 unspecified atom stereocenters. The molecule has 11 heteroatoms. The Balaban J connectivity index is 1.25. The van der Waals surface area contributed by atoms with E-state index in [4.69, 9.17) is 47.2 Å². The third kappa shape index (κ3) is 5.53. The quantitative estimate of drug-likeness (QED) is 0.277. The number of aromatic nitrogens is 2. The lowest BCUT2D eigenvalue weighted by molar-refractivity contribution is 0.0619. The van der Waals surface area contributed by atoms with E-state index >= 15 is 0 Å². The molecule has 0 atom stereocenters. The lowest BCUT2D eigenvalue weighted by Crippen LogP contribution is -2.48. The molecule has 0 bridgehead atoms. The number of ether oxygens (including phenoxy) is 4. The summed E-state index contributed by atoms with van der Waals surface area (Å²) in [5.74, 6) is 2.67. The molecule has 4 aromatic rings. The van der Waals surface area contributed by atoms with E-state index in [1.807, 2.05) is 29.2 Å². The van der Waals surface area contributed by atoms with Gasteiger partial charge in [-0.2, -0.15) is 5.10 Å². The van der Waals surface area contributed by atoms with Gasteiger partial charge >= 0.3 is 0 Å². The minimum Gasteiger partial charge on any atom is -0.497 e. The number of carbonyl (C=O) groups excluding carboxylic acids is 1. The van der Waals surface area contributed by atoms with E-state index in [2.05, 4.69) is 11.0 Å². The van der Waals surface area contributed by atoms with Crippen molar-refractivity contribution in [2.45, 2.75) is 6.54 Å². The molecule has 1 aromatic heterocycles. The molecule has 0 aliphatic carbocycles. The summed E-state index contributed by atoms with van der Waals surface area (Å²) >= 11 is 12.5. The zero-order chi connectivity index (χ0) is 28.5. The number of amides is 1. The second-order valence-electron chi connectivity index (χ2n) is 9.75. The summed E-state index contributed by atoms with van der Waals surface area (Å²) in [4.78, 5) is 18.1. The molecular weight excluding hydrogens is 567 g/mol. The molecule has 9 nitrogen and oxygen atoms in total. The highest BCUT2D eigenvalue weighted by Crippen LogP contribution is 2.35. The van der Waals surface area contributed by atoms with Gasteiger partial charge in [-0.25, -0.2) is 4.68 Å². The first-order valence-corrected chi connectivity index (χ1v) is 13.9. The molecule has 0 radical (unpaired) electrons. The van der Waals surface area contributed by atoms with E-state index in [1.54, 1.807) is 49.2 Å². The number of carbonyl (C=O) groups is 1. The summed E-state index contributed by atoms with van der Waals surface area (Å²) < 4.78 is 23.5. The third-order valence-corrected chi connectivity index (χ3v) is 8.00. The van der Waals surface area contributed by atoms with Crippen molar-refractivity contribution in [3.05, 3.63) is 82.0 Å². The van der Waals surface area contributed by atoms with Crippen molar-refractivity contribution in [3.8, 4) is 39.9 Å². The van der Waals surface area contributed by atoms with Crippen LogP contribution < -0.4 is 18.9 Å². The fourth-order valence-corrected chi connectivity index (χ4v) is 5.35. The summed E-state index contributed by atoms with van der Waals surface area (Å²) in [6.45, 7) is 3.65. The Kier molecular flexibility index (Phi) is 7.66. The maximum Gasteiger partial charge on any atom is 0.272 e. The second-order valence-corrected chi connectivity index (χ2v) is 10.6. The molecule has 2 aliphatic heterocycles. The highest BCUT2D eigenvalue weighted by Gasteiger charge is 2.27. The number of hydrogen-bond donors (Lipinski definition) is 0. The van der Waals surface area contributed by atoms with E-state index in [-0.39, 0.29) is 12.7 Å². The summed E-state index contributed by atoms with van der Waals surface area (Å²) in [6.07, 6.45) is 0. The van der Waals surface area contributed by atoms with E-state index in [0.717, 1.165) is 42.3 Å². The van der Waals surface area contributed by atoms with Crippen LogP contribution in [0.15, 0.2) is 60.7 Å². The number of nitrogens with zero attached hydrogens (tertiary/aromatic N) is 4. The summed E-state index contributed by atoms with van der Waals surface area (Å²) in [5.41, 5.74) is 3.50. The predicted molar refractivity (Wildman–Crippen MR) is 156 cm³/mol. The van der Waals surface area contributed by atoms with E-state index in [1.165, 1.54) is 0 Å². The van der Waals surface area contributed by atoms with Crippen LogP contribution in [0.1, 0.15) is 16.1 Å².